The molecule has 0 saturated heterocycles. The molecule has 0 spiro atoms. The number of anilines is 2. The Hall–Kier alpha value is -2.81. The zero-order valence-electron chi connectivity index (χ0n) is 13.9. The standard InChI is InChI=1S/C18H14F4N2O2S/c1-10(25)23-15-9-16(14(20)8-13(15)19)24-17(26)7-4-11-2-5-12(6-3-11)27-18(21)22/h2-9,18H,1H3,(H,23,25)(H,24,26)/b7-4+. The molecule has 0 aliphatic rings. The average Bonchev–Trinajstić information content (AvgIpc) is 2.57. The Morgan fingerprint density at radius 3 is 2.15 bits per heavy atom. The van der Waals surface area contributed by atoms with Gasteiger partial charge >= 0.3 is 0 Å². The molecule has 2 rings (SSSR count). The van der Waals surface area contributed by atoms with Crippen molar-refractivity contribution < 1.29 is 27.2 Å². The number of nitrogens with one attached hydrogen (secondary N) is 2. The van der Waals surface area contributed by atoms with Gasteiger partial charge < -0.3 is 10.6 Å². The maximum absolute atomic E-state index is 13.8. The number of halogens is 4. The monoisotopic (exact) mass is 398 g/mol. The van der Waals surface area contributed by atoms with Crippen LogP contribution in [0.5, 0.6) is 0 Å². The van der Waals surface area contributed by atoms with Crippen LogP contribution >= 0.6 is 11.8 Å². The van der Waals surface area contributed by atoms with Gasteiger partial charge in [-0.05, 0) is 29.8 Å². The zero-order valence-corrected chi connectivity index (χ0v) is 14.7. The summed E-state index contributed by atoms with van der Waals surface area (Å²) in [5.41, 5.74) is -0.00365. The summed E-state index contributed by atoms with van der Waals surface area (Å²) in [7, 11) is 0. The minimum atomic E-state index is -2.52. The fourth-order valence-corrected chi connectivity index (χ4v) is 2.54. The molecule has 142 valence electrons. The van der Waals surface area contributed by atoms with Crippen LogP contribution in [0.25, 0.3) is 6.08 Å². The molecule has 0 radical (unpaired) electrons. The lowest BCUT2D eigenvalue weighted by molar-refractivity contribution is -0.114. The number of amides is 2. The summed E-state index contributed by atoms with van der Waals surface area (Å²) in [4.78, 5) is 23.3. The van der Waals surface area contributed by atoms with E-state index in [0.717, 1.165) is 19.1 Å². The summed E-state index contributed by atoms with van der Waals surface area (Å²) in [6.07, 6.45) is 2.51. The van der Waals surface area contributed by atoms with Crippen molar-refractivity contribution in [2.75, 3.05) is 10.6 Å². The van der Waals surface area contributed by atoms with Crippen LogP contribution in [0, 0.1) is 11.6 Å². The minimum Gasteiger partial charge on any atom is -0.324 e. The normalized spacial score (nSPS) is 11.0. The van der Waals surface area contributed by atoms with Gasteiger partial charge in [0.15, 0.2) is 0 Å². The molecule has 2 aromatic carbocycles. The fourth-order valence-electron chi connectivity index (χ4n) is 2.04. The van der Waals surface area contributed by atoms with E-state index >= 15 is 0 Å². The molecule has 0 atom stereocenters. The first-order valence-corrected chi connectivity index (χ1v) is 8.43. The van der Waals surface area contributed by atoms with Gasteiger partial charge in [-0.15, -0.1) is 0 Å². The van der Waals surface area contributed by atoms with Crippen LogP contribution in [0.3, 0.4) is 0 Å². The largest absolute Gasteiger partial charge is 0.324 e. The molecule has 27 heavy (non-hydrogen) atoms. The SMILES string of the molecule is CC(=O)Nc1cc(NC(=O)/C=C/c2ccc(SC(F)F)cc2)c(F)cc1F. The molecule has 0 heterocycles. The third kappa shape index (κ3) is 6.45. The van der Waals surface area contributed by atoms with E-state index in [-0.39, 0.29) is 11.4 Å². The van der Waals surface area contributed by atoms with E-state index in [1.807, 2.05) is 0 Å². The van der Waals surface area contributed by atoms with Crippen molar-refractivity contribution in [1.82, 2.24) is 0 Å². The van der Waals surface area contributed by atoms with E-state index in [0.29, 0.717) is 28.3 Å². The molecule has 4 nitrogen and oxygen atoms in total. The molecule has 9 heteroatoms. The number of hydrogen-bond donors (Lipinski definition) is 2. The molecule has 0 bridgehead atoms. The van der Waals surface area contributed by atoms with Gasteiger partial charge in [-0.1, -0.05) is 23.9 Å². The van der Waals surface area contributed by atoms with Gasteiger partial charge in [0.1, 0.15) is 11.6 Å². The molecule has 0 aliphatic carbocycles. The molecular weight excluding hydrogens is 384 g/mol. The van der Waals surface area contributed by atoms with Crippen LogP contribution in [-0.2, 0) is 9.59 Å². The van der Waals surface area contributed by atoms with Crippen LogP contribution in [0.4, 0.5) is 28.9 Å². The first kappa shape index (κ1) is 20.5. The number of benzene rings is 2. The Kier molecular flexibility index (Phi) is 7.00. The van der Waals surface area contributed by atoms with Gasteiger partial charge in [-0.3, -0.25) is 9.59 Å². The van der Waals surface area contributed by atoms with Crippen LogP contribution in [-0.4, -0.2) is 17.6 Å². The quantitative estimate of drug-likeness (QED) is 0.414. The number of carbonyl (C=O) groups excluding carboxylic acids is 2. The summed E-state index contributed by atoms with van der Waals surface area (Å²) < 4.78 is 51.9. The van der Waals surface area contributed by atoms with Gasteiger partial charge in [-0.2, -0.15) is 8.78 Å². The predicted octanol–water partition coefficient (Wildman–Crippen LogP) is 4.89. The summed E-state index contributed by atoms with van der Waals surface area (Å²) in [5, 5.41) is 4.42. The van der Waals surface area contributed by atoms with E-state index in [2.05, 4.69) is 10.6 Å². The van der Waals surface area contributed by atoms with E-state index in [9.17, 15) is 27.2 Å². The molecule has 2 N–H and O–H groups in total. The highest BCUT2D eigenvalue weighted by atomic mass is 32.2. The summed E-state index contributed by atoms with van der Waals surface area (Å²) >= 11 is 0.403. The first-order chi connectivity index (χ1) is 12.7. The van der Waals surface area contributed by atoms with Crippen molar-refractivity contribution >= 4 is 41.0 Å². The number of carbonyl (C=O) groups is 2. The van der Waals surface area contributed by atoms with Crippen LogP contribution < -0.4 is 10.6 Å². The third-order valence-electron chi connectivity index (χ3n) is 3.16. The average molecular weight is 398 g/mol. The van der Waals surface area contributed by atoms with E-state index in [1.165, 1.54) is 18.2 Å². The molecule has 0 aromatic heterocycles. The predicted molar refractivity (Wildman–Crippen MR) is 96.6 cm³/mol. The highest BCUT2D eigenvalue weighted by Crippen LogP contribution is 2.26. The Morgan fingerprint density at radius 2 is 1.59 bits per heavy atom. The van der Waals surface area contributed by atoms with E-state index in [4.69, 9.17) is 0 Å². The number of hydrogen-bond acceptors (Lipinski definition) is 3. The Balaban J connectivity index is 2.06. The second-order valence-electron chi connectivity index (χ2n) is 5.26. The van der Waals surface area contributed by atoms with Crippen molar-refractivity contribution in [1.29, 1.82) is 0 Å². The lowest BCUT2D eigenvalue weighted by Gasteiger charge is -2.09. The van der Waals surface area contributed by atoms with E-state index < -0.39 is 29.2 Å². The fraction of sp³-hybridized carbons (Fsp3) is 0.111. The van der Waals surface area contributed by atoms with Crippen LogP contribution in [0.15, 0.2) is 47.4 Å². The molecule has 2 amide bonds. The highest BCUT2D eigenvalue weighted by molar-refractivity contribution is 7.99. The topological polar surface area (TPSA) is 58.2 Å². The van der Waals surface area contributed by atoms with Crippen LogP contribution in [0.1, 0.15) is 12.5 Å². The van der Waals surface area contributed by atoms with Crippen molar-refractivity contribution in [3.63, 3.8) is 0 Å². The molecular formula is C18H14F4N2O2S. The first-order valence-electron chi connectivity index (χ1n) is 7.55. The Labute approximate surface area is 156 Å². The minimum absolute atomic E-state index is 0.268. The van der Waals surface area contributed by atoms with Crippen molar-refractivity contribution in [3.8, 4) is 0 Å². The lowest BCUT2D eigenvalue weighted by atomic mass is 10.2. The lowest BCUT2D eigenvalue weighted by Crippen LogP contribution is -2.12. The maximum Gasteiger partial charge on any atom is 0.288 e. The third-order valence-corrected chi connectivity index (χ3v) is 3.88. The van der Waals surface area contributed by atoms with Crippen molar-refractivity contribution in [2.24, 2.45) is 0 Å². The smallest absolute Gasteiger partial charge is 0.288 e. The number of thioether (sulfide) groups is 1. The summed E-state index contributed by atoms with van der Waals surface area (Å²) in [6.45, 7) is 1.16. The Morgan fingerprint density at radius 1 is 1.00 bits per heavy atom. The van der Waals surface area contributed by atoms with Crippen molar-refractivity contribution in [2.45, 2.75) is 17.6 Å². The van der Waals surface area contributed by atoms with Crippen molar-refractivity contribution in [3.05, 3.63) is 59.7 Å². The highest BCUT2D eigenvalue weighted by Gasteiger charge is 2.12. The molecule has 2 aromatic rings. The summed E-state index contributed by atoms with van der Waals surface area (Å²) in [5.74, 6) is -5.74. The van der Waals surface area contributed by atoms with Crippen LogP contribution in [0.2, 0.25) is 0 Å². The number of rotatable bonds is 6. The molecule has 0 aliphatic heterocycles. The van der Waals surface area contributed by atoms with E-state index in [1.54, 1.807) is 12.1 Å². The van der Waals surface area contributed by atoms with Gasteiger partial charge in [0.2, 0.25) is 11.8 Å². The van der Waals surface area contributed by atoms with Gasteiger partial charge in [-0.25, -0.2) is 8.78 Å². The summed E-state index contributed by atoms with van der Waals surface area (Å²) in [6, 6.07) is 7.56. The Bertz CT molecular complexity index is 870. The maximum atomic E-state index is 13.8. The molecule has 0 saturated carbocycles. The van der Waals surface area contributed by atoms with Gasteiger partial charge in [0, 0.05) is 24.0 Å². The van der Waals surface area contributed by atoms with Gasteiger partial charge in [0.05, 0.1) is 11.4 Å². The molecule has 0 fully saturated rings. The van der Waals surface area contributed by atoms with Gasteiger partial charge in [0.25, 0.3) is 5.76 Å². The zero-order chi connectivity index (χ0) is 20.0. The second kappa shape index (κ2) is 9.22. The molecule has 0 unspecified atom stereocenters. The number of alkyl halides is 2. The second-order valence-corrected chi connectivity index (χ2v) is 6.33.